The Balaban J connectivity index is 1.70. The summed E-state index contributed by atoms with van der Waals surface area (Å²) in [5.74, 6) is -1.33. The summed E-state index contributed by atoms with van der Waals surface area (Å²) in [6, 6.07) is 7.29. The number of rotatable bonds is 4. The molecule has 0 aliphatic heterocycles. The average molecular weight is 499 g/mol. The van der Waals surface area contributed by atoms with Crippen molar-refractivity contribution >= 4 is 21.1 Å². The third-order valence-electron chi connectivity index (χ3n) is 6.44. The fraction of sp³-hybridized carbons (Fsp3) is 0.292. The summed E-state index contributed by atoms with van der Waals surface area (Å²) < 4.78 is 56.9. The maximum atomic E-state index is 14.8. The molecule has 1 saturated carbocycles. The van der Waals surface area contributed by atoms with Crippen LogP contribution in [-0.2, 0) is 15.6 Å². The lowest BCUT2D eigenvalue weighted by Gasteiger charge is -2.36. The van der Waals surface area contributed by atoms with Crippen molar-refractivity contribution in [2.75, 3.05) is 0 Å². The van der Waals surface area contributed by atoms with Gasteiger partial charge in [-0.1, -0.05) is 17.7 Å². The van der Waals surface area contributed by atoms with Crippen LogP contribution in [0.1, 0.15) is 36.9 Å². The van der Waals surface area contributed by atoms with Crippen molar-refractivity contribution in [2.24, 2.45) is 11.5 Å². The number of aryl methyl sites for hydroxylation is 1. The van der Waals surface area contributed by atoms with Crippen LogP contribution in [0.5, 0.6) is 0 Å². The van der Waals surface area contributed by atoms with E-state index in [0.717, 1.165) is 40.8 Å². The van der Waals surface area contributed by atoms with Crippen molar-refractivity contribution in [3.63, 3.8) is 0 Å². The zero-order chi connectivity index (χ0) is 25.0. The number of pyridine rings is 1. The molecule has 0 bridgehead atoms. The van der Waals surface area contributed by atoms with Crippen molar-refractivity contribution in [2.45, 2.75) is 49.1 Å². The molecule has 3 aromatic heterocycles. The molecule has 2 atom stereocenters. The second-order valence-corrected chi connectivity index (χ2v) is 10.9. The van der Waals surface area contributed by atoms with Gasteiger partial charge in [-0.05, 0) is 50.8 Å². The van der Waals surface area contributed by atoms with E-state index in [-0.39, 0.29) is 39.1 Å². The quantitative estimate of drug-likeness (QED) is 0.441. The molecule has 1 aromatic carbocycles. The van der Waals surface area contributed by atoms with Gasteiger partial charge < -0.3 is 11.5 Å². The number of hydrogen-bond donors (Lipinski definition) is 2. The molecule has 35 heavy (non-hydrogen) atoms. The third-order valence-corrected chi connectivity index (χ3v) is 8.10. The van der Waals surface area contributed by atoms with E-state index in [0.29, 0.717) is 12.8 Å². The predicted octanol–water partition coefficient (Wildman–Crippen LogP) is 3.37. The van der Waals surface area contributed by atoms with Crippen LogP contribution >= 0.6 is 0 Å². The van der Waals surface area contributed by atoms with Crippen molar-refractivity contribution < 1.29 is 17.2 Å². The van der Waals surface area contributed by atoms with Crippen LogP contribution in [0.2, 0.25) is 0 Å². The predicted molar refractivity (Wildman–Crippen MR) is 127 cm³/mol. The first-order chi connectivity index (χ1) is 16.6. The van der Waals surface area contributed by atoms with E-state index in [9.17, 15) is 17.2 Å². The lowest BCUT2D eigenvalue weighted by molar-refractivity contribution is 0.258. The average Bonchev–Trinajstić information content (AvgIpc) is 3.19. The second-order valence-electron chi connectivity index (χ2n) is 9.08. The number of halogens is 2. The molecule has 1 fully saturated rings. The van der Waals surface area contributed by atoms with E-state index >= 15 is 0 Å². The molecule has 4 N–H and O–H groups in total. The minimum atomic E-state index is -4.08. The van der Waals surface area contributed by atoms with Gasteiger partial charge in [0.15, 0.2) is 17.3 Å². The van der Waals surface area contributed by atoms with Gasteiger partial charge in [-0.25, -0.2) is 36.1 Å². The van der Waals surface area contributed by atoms with E-state index in [1.54, 1.807) is 12.1 Å². The van der Waals surface area contributed by atoms with Crippen molar-refractivity contribution in [1.29, 1.82) is 0 Å². The van der Waals surface area contributed by atoms with E-state index in [1.165, 1.54) is 18.3 Å². The summed E-state index contributed by atoms with van der Waals surface area (Å²) in [6.07, 6.45) is 5.56. The summed E-state index contributed by atoms with van der Waals surface area (Å²) in [6.45, 7) is 1.84. The first-order valence-electron chi connectivity index (χ1n) is 11.2. The molecule has 5 rings (SSSR count). The summed E-state index contributed by atoms with van der Waals surface area (Å²) in [7, 11) is -4.08. The number of nitrogens with zero attached hydrogens (tertiary/aromatic N) is 4. The highest BCUT2D eigenvalue weighted by Crippen LogP contribution is 2.37. The normalized spacial score (nSPS) is 20.9. The maximum Gasteiger partial charge on any atom is 0.269 e. The summed E-state index contributed by atoms with van der Waals surface area (Å²) in [4.78, 5) is 12.6. The van der Waals surface area contributed by atoms with E-state index in [4.69, 9.17) is 11.5 Å². The Labute approximate surface area is 201 Å². The van der Waals surface area contributed by atoms with Crippen molar-refractivity contribution in [1.82, 2.24) is 18.9 Å². The molecule has 2 unspecified atom stereocenters. The number of benzene rings is 1. The highest BCUT2D eigenvalue weighted by Gasteiger charge is 2.37. The van der Waals surface area contributed by atoms with Crippen LogP contribution in [-0.4, -0.2) is 33.4 Å². The Hall–Kier alpha value is -3.28. The van der Waals surface area contributed by atoms with E-state index in [1.807, 2.05) is 6.92 Å². The Bertz CT molecular complexity index is 1540. The van der Waals surface area contributed by atoms with Crippen LogP contribution in [0.25, 0.3) is 22.4 Å². The molecule has 8 nitrogen and oxygen atoms in total. The zero-order valence-corrected chi connectivity index (χ0v) is 19.8. The van der Waals surface area contributed by atoms with Gasteiger partial charge >= 0.3 is 0 Å². The zero-order valence-electron chi connectivity index (χ0n) is 18.9. The molecule has 0 radical (unpaired) electrons. The fourth-order valence-electron chi connectivity index (χ4n) is 4.65. The minimum Gasteiger partial charge on any atom is -0.328 e. The lowest BCUT2D eigenvalue weighted by atomic mass is 9.77. The van der Waals surface area contributed by atoms with Gasteiger partial charge in [0.25, 0.3) is 10.0 Å². The Morgan fingerprint density at radius 2 is 1.89 bits per heavy atom. The van der Waals surface area contributed by atoms with E-state index < -0.39 is 27.2 Å². The smallest absolute Gasteiger partial charge is 0.269 e. The summed E-state index contributed by atoms with van der Waals surface area (Å²) in [5.41, 5.74) is 12.6. The number of hydrogen-bond acceptors (Lipinski definition) is 7. The van der Waals surface area contributed by atoms with Gasteiger partial charge in [-0.15, -0.1) is 0 Å². The Kier molecular flexibility index (Phi) is 5.65. The summed E-state index contributed by atoms with van der Waals surface area (Å²) >= 11 is 0. The number of aromatic nitrogens is 4. The largest absolute Gasteiger partial charge is 0.328 e. The number of fused-ring (bicyclic) bond motifs is 1. The second kappa shape index (κ2) is 8.43. The van der Waals surface area contributed by atoms with Crippen LogP contribution in [0, 0.1) is 18.6 Å². The fourth-order valence-corrected chi connectivity index (χ4v) is 5.98. The molecule has 1 aliphatic carbocycles. The van der Waals surface area contributed by atoms with E-state index in [2.05, 4.69) is 15.0 Å². The van der Waals surface area contributed by atoms with Crippen LogP contribution in [0.3, 0.4) is 0 Å². The molecular weight excluding hydrogens is 474 g/mol. The monoisotopic (exact) mass is 498 g/mol. The van der Waals surface area contributed by atoms with Gasteiger partial charge in [0.1, 0.15) is 11.5 Å². The Morgan fingerprint density at radius 1 is 1.14 bits per heavy atom. The van der Waals surface area contributed by atoms with Crippen LogP contribution in [0.15, 0.2) is 53.8 Å². The SMILES string of the molecule is Cc1ccc(S(=O)(=O)n2cc(-c3ncc(F)c(C4(N)CCCC(N)C4)n3)c3cc(F)cnc32)cc1. The minimum absolute atomic E-state index is 0.00130. The first-order valence-corrected chi connectivity index (χ1v) is 12.6. The molecule has 182 valence electrons. The van der Waals surface area contributed by atoms with Crippen LogP contribution in [0.4, 0.5) is 8.78 Å². The molecule has 4 aromatic rings. The first kappa shape index (κ1) is 23.5. The van der Waals surface area contributed by atoms with Gasteiger partial charge in [-0.3, -0.25) is 0 Å². The lowest BCUT2D eigenvalue weighted by Crippen LogP contribution is -2.47. The number of nitrogens with two attached hydrogens (primary N) is 2. The molecule has 11 heteroatoms. The van der Waals surface area contributed by atoms with Gasteiger partial charge in [0.2, 0.25) is 0 Å². The summed E-state index contributed by atoms with van der Waals surface area (Å²) in [5, 5.41) is 0.171. The highest BCUT2D eigenvalue weighted by molar-refractivity contribution is 7.90. The molecule has 0 saturated heterocycles. The highest BCUT2D eigenvalue weighted by atomic mass is 32.2. The van der Waals surface area contributed by atoms with Crippen molar-refractivity contribution in [3.8, 4) is 11.4 Å². The topological polar surface area (TPSA) is 130 Å². The molecule has 1 aliphatic rings. The molecule has 3 heterocycles. The molecule has 0 spiro atoms. The van der Waals surface area contributed by atoms with Gasteiger partial charge in [0, 0.05) is 23.2 Å². The third kappa shape index (κ3) is 4.09. The molecule has 0 amide bonds. The van der Waals surface area contributed by atoms with Crippen molar-refractivity contribution in [3.05, 3.63) is 71.8 Å². The Morgan fingerprint density at radius 3 is 2.60 bits per heavy atom. The maximum absolute atomic E-state index is 14.8. The standard InChI is InChI=1S/C24H24F2N6O2S/c1-14-4-6-17(7-5-14)35(33,34)32-13-19(18-9-15(25)11-30-23(18)32)22-29-12-20(26)21(31-22)24(28)8-2-3-16(27)10-24/h4-7,9,11-13,16H,2-3,8,10,27-28H2,1H3. The van der Waals surface area contributed by atoms with Crippen LogP contribution < -0.4 is 11.5 Å². The van der Waals surface area contributed by atoms with Gasteiger partial charge in [-0.2, -0.15) is 0 Å². The molecular formula is C24H24F2N6O2S. The van der Waals surface area contributed by atoms with Gasteiger partial charge in [0.05, 0.1) is 22.8 Å².